The molecule has 154 valence electrons. The Morgan fingerprint density at radius 3 is 2.69 bits per heavy atom. The van der Waals surface area contributed by atoms with E-state index < -0.39 is 0 Å². The van der Waals surface area contributed by atoms with Crippen LogP contribution in [-0.2, 0) is 17.6 Å². The van der Waals surface area contributed by atoms with Crippen LogP contribution in [0.1, 0.15) is 43.2 Å². The van der Waals surface area contributed by atoms with E-state index in [1.54, 1.807) is 7.11 Å². The normalized spacial score (nSPS) is 24.4. The standard InChI is InChI=1S/C25H32N2O2/c1-29-24-14-8-7-12-20(24)17-25(28)27-21(16-19-10-4-2-5-11-19)18-22-23(27)13-6-3-9-15-26-22/h2,4-5,7-8,10-12,14,21-23,26H,3,6,9,13,15-18H2,1H3/t21-,22+,23-/m1/s1. The molecule has 0 radical (unpaired) electrons. The molecule has 0 bridgehead atoms. The van der Waals surface area contributed by atoms with Gasteiger partial charge in [-0.2, -0.15) is 0 Å². The molecule has 4 rings (SSSR count). The molecule has 2 aromatic rings. The summed E-state index contributed by atoms with van der Waals surface area (Å²) in [6.07, 6.45) is 7.15. The van der Waals surface area contributed by atoms with Gasteiger partial charge < -0.3 is 15.0 Å². The maximum absolute atomic E-state index is 13.6. The summed E-state index contributed by atoms with van der Waals surface area (Å²) >= 11 is 0. The molecule has 29 heavy (non-hydrogen) atoms. The molecule has 1 amide bonds. The molecule has 4 heteroatoms. The van der Waals surface area contributed by atoms with Crippen LogP contribution in [0.3, 0.4) is 0 Å². The predicted octanol–water partition coefficient (Wildman–Crippen LogP) is 3.98. The highest BCUT2D eigenvalue weighted by Gasteiger charge is 2.43. The second kappa shape index (κ2) is 9.45. The molecule has 2 aromatic carbocycles. The lowest BCUT2D eigenvalue weighted by Crippen LogP contribution is -2.48. The van der Waals surface area contributed by atoms with Gasteiger partial charge in [0, 0.05) is 23.7 Å². The van der Waals surface area contributed by atoms with E-state index in [4.69, 9.17) is 4.74 Å². The van der Waals surface area contributed by atoms with Crippen LogP contribution in [-0.4, -0.2) is 42.6 Å². The van der Waals surface area contributed by atoms with E-state index >= 15 is 0 Å². The largest absolute Gasteiger partial charge is 0.496 e. The summed E-state index contributed by atoms with van der Waals surface area (Å²) < 4.78 is 5.49. The number of hydrogen-bond acceptors (Lipinski definition) is 3. The summed E-state index contributed by atoms with van der Waals surface area (Å²) in [5, 5.41) is 3.75. The first-order chi connectivity index (χ1) is 14.3. The summed E-state index contributed by atoms with van der Waals surface area (Å²) in [5.74, 6) is 1.03. The topological polar surface area (TPSA) is 41.6 Å². The highest BCUT2D eigenvalue weighted by molar-refractivity contribution is 5.80. The minimum Gasteiger partial charge on any atom is -0.496 e. The van der Waals surface area contributed by atoms with Gasteiger partial charge in [0.2, 0.25) is 5.91 Å². The maximum Gasteiger partial charge on any atom is 0.227 e. The number of fused-ring (bicyclic) bond motifs is 1. The molecule has 0 aromatic heterocycles. The first-order valence-corrected chi connectivity index (χ1v) is 11.0. The van der Waals surface area contributed by atoms with Gasteiger partial charge in [0.25, 0.3) is 0 Å². The number of rotatable bonds is 5. The number of ether oxygens (including phenoxy) is 1. The van der Waals surface area contributed by atoms with Crippen molar-refractivity contribution in [1.29, 1.82) is 0 Å². The molecule has 0 aliphatic carbocycles. The SMILES string of the molecule is COc1ccccc1CC(=O)N1[C@H](Cc2ccccc2)C[C@@H]2NCCCCC[C@H]21. The Bertz CT molecular complexity index is 807. The van der Waals surface area contributed by atoms with Gasteiger partial charge >= 0.3 is 0 Å². The van der Waals surface area contributed by atoms with Crippen LogP contribution in [0.15, 0.2) is 54.6 Å². The Labute approximate surface area is 174 Å². The Hall–Kier alpha value is -2.33. The molecule has 0 unspecified atom stereocenters. The third-order valence-electron chi connectivity index (χ3n) is 6.46. The number of carbonyl (C=O) groups is 1. The van der Waals surface area contributed by atoms with E-state index in [0.29, 0.717) is 18.5 Å². The fourth-order valence-corrected chi connectivity index (χ4v) is 5.09. The number of para-hydroxylation sites is 1. The number of methoxy groups -OCH3 is 1. The Morgan fingerprint density at radius 1 is 1.07 bits per heavy atom. The van der Waals surface area contributed by atoms with E-state index in [0.717, 1.165) is 37.1 Å². The fourth-order valence-electron chi connectivity index (χ4n) is 5.09. The molecule has 3 atom stereocenters. The molecular weight excluding hydrogens is 360 g/mol. The number of nitrogens with zero attached hydrogens (tertiary/aromatic N) is 1. The van der Waals surface area contributed by atoms with Gasteiger partial charge in [0.15, 0.2) is 0 Å². The van der Waals surface area contributed by atoms with E-state index in [1.165, 1.54) is 24.8 Å². The third-order valence-corrected chi connectivity index (χ3v) is 6.46. The lowest BCUT2D eigenvalue weighted by molar-refractivity contribution is -0.133. The van der Waals surface area contributed by atoms with E-state index in [2.05, 4.69) is 40.5 Å². The van der Waals surface area contributed by atoms with Crippen molar-refractivity contribution < 1.29 is 9.53 Å². The summed E-state index contributed by atoms with van der Waals surface area (Å²) in [6, 6.07) is 19.4. The van der Waals surface area contributed by atoms with Crippen molar-refractivity contribution in [2.45, 2.75) is 63.1 Å². The van der Waals surface area contributed by atoms with Gasteiger partial charge in [-0.1, -0.05) is 61.4 Å². The van der Waals surface area contributed by atoms with Crippen LogP contribution < -0.4 is 10.1 Å². The van der Waals surface area contributed by atoms with Gasteiger partial charge in [-0.3, -0.25) is 4.79 Å². The van der Waals surface area contributed by atoms with Crippen LogP contribution >= 0.6 is 0 Å². The highest BCUT2D eigenvalue weighted by Crippen LogP contribution is 2.33. The molecule has 2 heterocycles. The van der Waals surface area contributed by atoms with Gasteiger partial charge in [-0.05, 0) is 43.9 Å². The fraction of sp³-hybridized carbons (Fsp3) is 0.480. The lowest BCUT2D eigenvalue weighted by atomic mass is 9.98. The number of hydrogen-bond donors (Lipinski definition) is 1. The van der Waals surface area contributed by atoms with Crippen LogP contribution in [0.5, 0.6) is 5.75 Å². The molecule has 0 spiro atoms. The first-order valence-electron chi connectivity index (χ1n) is 11.0. The van der Waals surface area contributed by atoms with Crippen molar-refractivity contribution in [3.8, 4) is 5.75 Å². The van der Waals surface area contributed by atoms with Crippen molar-refractivity contribution in [2.24, 2.45) is 0 Å². The summed E-state index contributed by atoms with van der Waals surface area (Å²) in [5.41, 5.74) is 2.28. The number of nitrogens with one attached hydrogen (secondary N) is 1. The van der Waals surface area contributed by atoms with Crippen LogP contribution in [0.4, 0.5) is 0 Å². The zero-order chi connectivity index (χ0) is 20.1. The molecule has 1 N–H and O–H groups in total. The van der Waals surface area contributed by atoms with Crippen molar-refractivity contribution in [3.05, 3.63) is 65.7 Å². The average molecular weight is 393 g/mol. The Balaban J connectivity index is 1.58. The second-order valence-corrected chi connectivity index (χ2v) is 8.35. The monoisotopic (exact) mass is 392 g/mol. The van der Waals surface area contributed by atoms with Gasteiger partial charge in [-0.15, -0.1) is 0 Å². The number of amides is 1. The minimum absolute atomic E-state index is 0.227. The molecule has 2 saturated heterocycles. The first kappa shape index (κ1) is 20.0. The van der Waals surface area contributed by atoms with E-state index in [9.17, 15) is 4.79 Å². The number of carbonyl (C=O) groups excluding carboxylic acids is 1. The zero-order valence-electron chi connectivity index (χ0n) is 17.3. The van der Waals surface area contributed by atoms with Gasteiger partial charge in [0.05, 0.1) is 13.5 Å². The van der Waals surface area contributed by atoms with E-state index in [1.807, 2.05) is 24.3 Å². The zero-order valence-corrected chi connectivity index (χ0v) is 17.3. The summed E-state index contributed by atoms with van der Waals surface area (Å²) in [4.78, 5) is 15.8. The predicted molar refractivity (Wildman–Crippen MR) is 116 cm³/mol. The van der Waals surface area contributed by atoms with Crippen molar-refractivity contribution >= 4 is 5.91 Å². The maximum atomic E-state index is 13.6. The van der Waals surface area contributed by atoms with Crippen molar-refractivity contribution in [3.63, 3.8) is 0 Å². The van der Waals surface area contributed by atoms with Crippen molar-refractivity contribution in [1.82, 2.24) is 10.2 Å². The minimum atomic E-state index is 0.227. The van der Waals surface area contributed by atoms with Gasteiger partial charge in [-0.25, -0.2) is 0 Å². The van der Waals surface area contributed by atoms with Crippen LogP contribution in [0.25, 0.3) is 0 Å². The highest BCUT2D eigenvalue weighted by atomic mass is 16.5. The second-order valence-electron chi connectivity index (χ2n) is 8.35. The smallest absolute Gasteiger partial charge is 0.227 e. The number of benzene rings is 2. The lowest BCUT2D eigenvalue weighted by Gasteiger charge is -2.33. The molecule has 4 nitrogen and oxygen atoms in total. The van der Waals surface area contributed by atoms with Crippen LogP contribution in [0.2, 0.25) is 0 Å². The molecule has 0 saturated carbocycles. The van der Waals surface area contributed by atoms with E-state index in [-0.39, 0.29) is 11.9 Å². The number of likely N-dealkylation sites (tertiary alicyclic amines) is 1. The summed E-state index contributed by atoms with van der Waals surface area (Å²) in [7, 11) is 1.67. The average Bonchev–Trinajstić information content (AvgIpc) is 3.05. The van der Waals surface area contributed by atoms with Crippen molar-refractivity contribution in [2.75, 3.05) is 13.7 Å². The van der Waals surface area contributed by atoms with Crippen LogP contribution in [0, 0.1) is 0 Å². The Morgan fingerprint density at radius 2 is 1.86 bits per heavy atom. The Kier molecular flexibility index (Phi) is 6.50. The molecule has 2 aliphatic rings. The summed E-state index contributed by atoms with van der Waals surface area (Å²) in [6.45, 7) is 1.06. The molecule has 2 fully saturated rings. The van der Waals surface area contributed by atoms with Gasteiger partial charge in [0.1, 0.15) is 5.75 Å². The quantitative estimate of drug-likeness (QED) is 0.837. The third kappa shape index (κ3) is 4.64. The molecular formula is C25H32N2O2. The molecule has 2 aliphatic heterocycles.